The van der Waals surface area contributed by atoms with Crippen LogP contribution in [0.1, 0.15) is 11.1 Å². The highest BCUT2D eigenvalue weighted by atomic mass is 16.3. The van der Waals surface area contributed by atoms with Crippen molar-refractivity contribution in [1.29, 1.82) is 0 Å². The summed E-state index contributed by atoms with van der Waals surface area (Å²) in [6, 6.07) is 11.6. The molecular formula is C22H22N4O3. The second-order valence-electron chi connectivity index (χ2n) is 7.65. The molecule has 2 aliphatic heterocycles. The number of amides is 2. The lowest BCUT2D eigenvalue weighted by Gasteiger charge is -2.46. The van der Waals surface area contributed by atoms with Crippen LogP contribution >= 0.6 is 0 Å². The first-order chi connectivity index (χ1) is 14.2. The monoisotopic (exact) mass is 390 g/mol. The number of fused-ring (bicyclic) bond motifs is 2. The van der Waals surface area contributed by atoms with E-state index in [1.165, 1.54) is 5.56 Å². The fourth-order valence-corrected chi connectivity index (χ4v) is 4.32. The van der Waals surface area contributed by atoms with Crippen LogP contribution in [0.3, 0.4) is 0 Å². The molecule has 2 amide bonds. The van der Waals surface area contributed by atoms with Crippen molar-refractivity contribution >= 4 is 22.7 Å². The first kappa shape index (κ1) is 17.9. The lowest BCUT2D eigenvalue weighted by atomic mass is 10.0. The molecule has 148 valence electrons. The van der Waals surface area contributed by atoms with E-state index >= 15 is 0 Å². The number of aromatic nitrogens is 1. The number of rotatable bonds is 4. The summed E-state index contributed by atoms with van der Waals surface area (Å²) in [4.78, 5) is 35.8. The number of hydrogen-bond donors (Lipinski definition) is 0. The van der Waals surface area contributed by atoms with Gasteiger partial charge in [-0.25, -0.2) is 0 Å². The average Bonchev–Trinajstić information content (AvgIpc) is 3.25. The Morgan fingerprint density at radius 2 is 2.00 bits per heavy atom. The summed E-state index contributed by atoms with van der Waals surface area (Å²) >= 11 is 0. The summed E-state index contributed by atoms with van der Waals surface area (Å²) in [5.41, 5.74) is 3.06. The van der Waals surface area contributed by atoms with E-state index in [2.05, 4.69) is 22.0 Å². The van der Waals surface area contributed by atoms with Gasteiger partial charge < -0.3 is 14.2 Å². The van der Waals surface area contributed by atoms with Gasteiger partial charge in [0.15, 0.2) is 0 Å². The summed E-state index contributed by atoms with van der Waals surface area (Å²) in [7, 11) is 0. The van der Waals surface area contributed by atoms with E-state index in [0.717, 1.165) is 29.6 Å². The molecule has 1 aromatic carbocycles. The van der Waals surface area contributed by atoms with Gasteiger partial charge in [0.1, 0.15) is 12.6 Å². The molecule has 0 aliphatic carbocycles. The van der Waals surface area contributed by atoms with Gasteiger partial charge in [-0.15, -0.1) is 0 Å². The number of pyridine rings is 1. The second-order valence-corrected chi connectivity index (χ2v) is 7.65. The molecule has 2 saturated heterocycles. The minimum absolute atomic E-state index is 0.00934. The SMILES string of the molecule is O=C1C2CN(Cc3cccc4ncccc34)CCN2C(=O)CN1Cc1ccoc1. The summed E-state index contributed by atoms with van der Waals surface area (Å²) < 4.78 is 5.10. The van der Waals surface area contributed by atoms with E-state index in [4.69, 9.17) is 4.42 Å². The predicted octanol–water partition coefficient (Wildman–Crippen LogP) is 1.88. The van der Waals surface area contributed by atoms with Crippen molar-refractivity contribution in [1.82, 2.24) is 19.7 Å². The van der Waals surface area contributed by atoms with Crippen LogP contribution in [0.4, 0.5) is 0 Å². The van der Waals surface area contributed by atoms with E-state index in [1.54, 1.807) is 28.5 Å². The quantitative estimate of drug-likeness (QED) is 0.680. The molecule has 1 atom stereocenters. The molecule has 0 saturated carbocycles. The fourth-order valence-electron chi connectivity index (χ4n) is 4.32. The van der Waals surface area contributed by atoms with Crippen LogP contribution in [-0.4, -0.2) is 63.7 Å². The van der Waals surface area contributed by atoms with Crippen molar-refractivity contribution in [2.45, 2.75) is 19.1 Å². The Balaban J connectivity index is 1.34. The van der Waals surface area contributed by atoms with Crippen molar-refractivity contribution in [3.05, 3.63) is 66.2 Å². The van der Waals surface area contributed by atoms with E-state index in [0.29, 0.717) is 19.6 Å². The molecule has 7 nitrogen and oxygen atoms in total. The Morgan fingerprint density at radius 1 is 1.07 bits per heavy atom. The first-order valence-corrected chi connectivity index (χ1v) is 9.83. The Hall–Kier alpha value is -3.19. The van der Waals surface area contributed by atoms with Crippen LogP contribution in [0.2, 0.25) is 0 Å². The van der Waals surface area contributed by atoms with Crippen molar-refractivity contribution in [2.24, 2.45) is 0 Å². The number of benzene rings is 1. The highest BCUT2D eigenvalue weighted by Gasteiger charge is 2.42. The van der Waals surface area contributed by atoms with Crippen LogP contribution in [0.5, 0.6) is 0 Å². The van der Waals surface area contributed by atoms with Gasteiger partial charge in [-0.05, 0) is 23.8 Å². The number of nitrogens with zero attached hydrogens (tertiary/aromatic N) is 4. The highest BCUT2D eigenvalue weighted by Crippen LogP contribution is 2.23. The van der Waals surface area contributed by atoms with E-state index < -0.39 is 6.04 Å². The molecule has 2 fully saturated rings. The molecule has 0 spiro atoms. The normalized spacial score (nSPS) is 20.3. The van der Waals surface area contributed by atoms with Crippen molar-refractivity contribution in [3.8, 4) is 0 Å². The second kappa shape index (κ2) is 7.33. The number of hydrogen-bond acceptors (Lipinski definition) is 5. The Bertz CT molecular complexity index is 1040. The zero-order chi connectivity index (χ0) is 19.8. The molecule has 0 bridgehead atoms. The van der Waals surface area contributed by atoms with Gasteiger partial charge in [-0.2, -0.15) is 0 Å². The standard InChI is InChI=1S/C22H22N4O3/c27-21-14-25(11-16-6-10-29-15-16)22(28)20-13-24(8-9-26(20)21)12-17-3-1-5-19-18(17)4-2-7-23-19/h1-7,10,15,20H,8-9,11-14H2. The molecule has 0 N–H and O–H groups in total. The molecule has 3 aromatic rings. The first-order valence-electron chi connectivity index (χ1n) is 9.83. The Morgan fingerprint density at radius 3 is 2.86 bits per heavy atom. The minimum atomic E-state index is -0.426. The van der Waals surface area contributed by atoms with Gasteiger partial charge in [0.25, 0.3) is 0 Å². The van der Waals surface area contributed by atoms with E-state index in [9.17, 15) is 9.59 Å². The lowest BCUT2D eigenvalue weighted by Crippen LogP contribution is -2.66. The molecule has 5 rings (SSSR count). The Labute approximate surface area is 168 Å². The van der Waals surface area contributed by atoms with Crippen LogP contribution in [0, 0.1) is 0 Å². The van der Waals surface area contributed by atoms with Crippen molar-refractivity contribution in [2.75, 3.05) is 26.2 Å². The maximum Gasteiger partial charge on any atom is 0.247 e. The molecule has 29 heavy (non-hydrogen) atoms. The van der Waals surface area contributed by atoms with Gasteiger partial charge in [-0.3, -0.25) is 19.5 Å². The number of carbonyl (C=O) groups excluding carboxylic acids is 2. The average molecular weight is 390 g/mol. The third kappa shape index (κ3) is 3.38. The third-order valence-electron chi connectivity index (χ3n) is 5.79. The zero-order valence-corrected chi connectivity index (χ0v) is 16.0. The lowest BCUT2D eigenvalue weighted by molar-refractivity contribution is -0.160. The fraction of sp³-hybridized carbons (Fsp3) is 0.318. The van der Waals surface area contributed by atoms with Crippen molar-refractivity contribution in [3.63, 3.8) is 0 Å². The summed E-state index contributed by atoms with van der Waals surface area (Å²) in [5.74, 6) is 0.0298. The van der Waals surface area contributed by atoms with E-state index in [-0.39, 0.29) is 18.4 Å². The molecular weight excluding hydrogens is 368 g/mol. The Kier molecular flexibility index (Phi) is 4.52. The van der Waals surface area contributed by atoms with Gasteiger partial charge in [-0.1, -0.05) is 18.2 Å². The van der Waals surface area contributed by atoms with Gasteiger partial charge in [0.05, 0.1) is 18.0 Å². The maximum atomic E-state index is 13.1. The molecule has 2 aliphatic rings. The predicted molar refractivity (Wildman–Crippen MR) is 107 cm³/mol. The molecule has 1 unspecified atom stereocenters. The smallest absolute Gasteiger partial charge is 0.247 e. The summed E-state index contributed by atoms with van der Waals surface area (Å²) in [6.07, 6.45) is 5.00. The number of carbonyl (C=O) groups is 2. The third-order valence-corrected chi connectivity index (χ3v) is 5.79. The summed E-state index contributed by atoms with van der Waals surface area (Å²) in [6.45, 7) is 3.15. The number of piperazine rings is 2. The number of furan rings is 1. The van der Waals surface area contributed by atoms with Gasteiger partial charge >= 0.3 is 0 Å². The van der Waals surface area contributed by atoms with E-state index in [1.807, 2.05) is 24.3 Å². The molecule has 2 aromatic heterocycles. The topological polar surface area (TPSA) is 69.9 Å². The zero-order valence-electron chi connectivity index (χ0n) is 16.0. The van der Waals surface area contributed by atoms with Gasteiger partial charge in [0, 0.05) is 49.9 Å². The maximum absolute atomic E-state index is 13.1. The van der Waals surface area contributed by atoms with Gasteiger partial charge in [0.2, 0.25) is 11.8 Å². The molecule has 0 radical (unpaired) electrons. The molecule has 7 heteroatoms. The molecule has 4 heterocycles. The summed E-state index contributed by atoms with van der Waals surface area (Å²) in [5, 5.41) is 1.13. The van der Waals surface area contributed by atoms with Crippen molar-refractivity contribution < 1.29 is 14.0 Å². The van der Waals surface area contributed by atoms with Crippen LogP contribution in [-0.2, 0) is 22.7 Å². The van der Waals surface area contributed by atoms with Crippen LogP contribution in [0.25, 0.3) is 10.9 Å². The highest BCUT2D eigenvalue weighted by molar-refractivity contribution is 5.95. The minimum Gasteiger partial charge on any atom is -0.472 e. The van der Waals surface area contributed by atoms with Crippen LogP contribution in [0.15, 0.2) is 59.5 Å². The largest absolute Gasteiger partial charge is 0.472 e. The van der Waals surface area contributed by atoms with Crippen LogP contribution < -0.4 is 0 Å².